The Kier molecular flexibility index (Phi) is 5.53. The Balaban J connectivity index is 1.49. The zero-order chi connectivity index (χ0) is 17.6. The van der Waals surface area contributed by atoms with Crippen molar-refractivity contribution in [3.63, 3.8) is 0 Å². The van der Waals surface area contributed by atoms with E-state index in [1.165, 1.54) is 24.8 Å². The Morgan fingerprint density at radius 2 is 2.04 bits per heavy atom. The van der Waals surface area contributed by atoms with E-state index in [2.05, 4.69) is 6.07 Å². The summed E-state index contributed by atoms with van der Waals surface area (Å²) in [6.07, 6.45) is 2.68. The van der Waals surface area contributed by atoms with E-state index >= 15 is 0 Å². The summed E-state index contributed by atoms with van der Waals surface area (Å²) in [6, 6.07) is 12.1. The van der Waals surface area contributed by atoms with Gasteiger partial charge in [0, 0.05) is 0 Å². The van der Waals surface area contributed by atoms with Crippen molar-refractivity contribution >= 4 is 5.97 Å². The lowest BCUT2D eigenvalue weighted by atomic mass is 9.98. The number of hydrogen-bond donors (Lipinski definition) is 0. The first-order valence-corrected chi connectivity index (χ1v) is 8.40. The summed E-state index contributed by atoms with van der Waals surface area (Å²) in [5, 5.41) is 0. The molecule has 1 atom stereocenters. The van der Waals surface area contributed by atoms with Crippen LogP contribution in [0, 0.1) is 5.82 Å². The van der Waals surface area contributed by atoms with Gasteiger partial charge in [-0.15, -0.1) is 0 Å². The highest BCUT2D eigenvalue weighted by molar-refractivity contribution is 5.75. The Labute approximate surface area is 146 Å². The van der Waals surface area contributed by atoms with Crippen molar-refractivity contribution < 1.29 is 23.4 Å². The smallest absolute Gasteiger partial charge is 0.347 e. The monoisotopic (exact) mass is 344 g/mol. The maximum Gasteiger partial charge on any atom is 0.347 e. The fourth-order valence-electron chi connectivity index (χ4n) is 2.89. The van der Waals surface area contributed by atoms with Gasteiger partial charge in [-0.1, -0.05) is 12.1 Å². The number of carbonyl (C=O) groups excluding carboxylic acids is 1. The maximum atomic E-state index is 12.8. The van der Waals surface area contributed by atoms with E-state index in [9.17, 15) is 9.18 Å². The average molecular weight is 344 g/mol. The normalized spacial score (nSPS) is 15.8. The lowest BCUT2D eigenvalue weighted by molar-refractivity contribution is -0.149. The topological polar surface area (TPSA) is 44.8 Å². The van der Waals surface area contributed by atoms with Crippen LogP contribution in [0.15, 0.2) is 42.5 Å². The highest BCUT2D eigenvalue weighted by atomic mass is 19.1. The first-order chi connectivity index (χ1) is 12.2. The molecule has 0 saturated heterocycles. The number of benzene rings is 2. The third-order valence-corrected chi connectivity index (χ3v) is 4.23. The van der Waals surface area contributed by atoms with Crippen molar-refractivity contribution in [3.8, 4) is 11.5 Å². The van der Waals surface area contributed by atoms with Gasteiger partial charge in [-0.2, -0.15) is 0 Å². The number of aryl methyl sites for hydroxylation is 2. The second-order valence-corrected chi connectivity index (χ2v) is 6.02. The maximum absolute atomic E-state index is 12.8. The first kappa shape index (κ1) is 17.3. The van der Waals surface area contributed by atoms with Crippen LogP contribution in [-0.2, 0) is 22.4 Å². The molecule has 0 amide bonds. The number of esters is 1. The van der Waals surface area contributed by atoms with E-state index in [0.717, 1.165) is 30.6 Å². The molecule has 2 aromatic rings. The van der Waals surface area contributed by atoms with Crippen LogP contribution in [0.5, 0.6) is 11.5 Å². The predicted molar refractivity (Wildman–Crippen MR) is 91.4 cm³/mol. The minimum atomic E-state index is -0.507. The molecule has 0 bridgehead atoms. The highest BCUT2D eigenvalue weighted by Gasteiger charge is 2.26. The zero-order valence-corrected chi connectivity index (χ0v) is 14.2. The molecule has 1 unspecified atom stereocenters. The molecule has 4 nitrogen and oxygen atoms in total. The molecule has 0 aliphatic carbocycles. The summed E-state index contributed by atoms with van der Waals surface area (Å²) in [6.45, 7) is 0.573. The molecule has 0 radical (unpaired) electrons. The number of rotatable bonds is 6. The molecule has 0 N–H and O–H groups in total. The van der Waals surface area contributed by atoms with Crippen molar-refractivity contribution in [3.05, 3.63) is 59.4 Å². The fraction of sp³-hybridized carbons (Fsp3) is 0.350. The van der Waals surface area contributed by atoms with Crippen LogP contribution in [-0.4, -0.2) is 25.8 Å². The SMILES string of the molecule is COC(=O)C1CCc2cc(CCCOc3ccc(F)cc3)ccc2O1. The summed E-state index contributed by atoms with van der Waals surface area (Å²) in [7, 11) is 1.37. The van der Waals surface area contributed by atoms with E-state index < -0.39 is 6.10 Å². The summed E-state index contributed by atoms with van der Waals surface area (Å²) >= 11 is 0. The second-order valence-electron chi connectivity index (χ2n) is 6.02. The van der Waals surface area contributed by atoms with Gasteiger partial charge in [0.1, 0.15) is 17.3 Å². The number of fused-ring (bicyclic) bond motifs is 1. The molecule has 132 valence electrons. The van der Waals surface area contributed by atoms with Crippen LogP contribution in [0.25, 0.3) is 0 Å². The lowest BCUT2D eigenvalue weighted by Crippen LogP contribution is -2.32. The summed E-state index contributed by atoms with van der Waals surface area (Å²) in [5.74, 6) is 0.841. The molecule has 25 heavy (non-hydrogen) atoms. The van der Waals surface area contributed by atoms with E-state index in [4.69, 9.17) is 14.2 Å². The molecule has 0 saturated carbocycles. The molecule has 5 heteroatoms. The molecular weight excluding hydrogens is 323 g/mol. The minimum Gasteiger partial charge on any atom is -0.494 e. The molecule has 1 heterocycles. The van der Waals surface area contributed by atoms with Gasteiger partial charge in [0.15, 0.2) is 6.10 Å². The number of carbonyl (C=O) groups is 1. The van der Waals surface area contributed by atoms with Crippen LogP contribution >= 0.6 is 0 Å². The summed E-state index contributed by atoms with van der Waals surface area (Å²) < 4.78 is 28.9. The average Bonchev–Trinajstić information content (AvgIpc) is 2.65. The van der Waals surface area contributed by atoms with Crippen LogP contribution < -0.4 is 9.47 Å². The number of methoxy groups -OCH3 is 1. The molecule has 1 aliphatic rings. The number of hydrogen-bond acceptors (Lipinski definition) is 4. The van der Waals surface area contributed by atoms with Gasteiger partial charge >= 0.3 is 5.97 Å². The van der Waals surface area contributed by atoms with Crippen molar-refractivity contribution in [1.82, 2.24) is 0 Å². The van der Waals surface area contributed by atoms with Crippen LogP contribution in [0.3, 0.4) is 0 Å². The highest BCUT2D eigenvalue weighted by Crippen LogP contribution is 2.29. The summed E-state index contributed by atoms with van der Waals surface area (Å²) in [5.41, 5.74) is 2.33. The Hall–Kier alpha value is -2.56. The molecule has 2 aromatic carbocycles. The van der Waals surface area contributed by atoms with Crippen molar-refractivity contribution in [2.75, 3.05) is 13.7 Å². The third kappa shape index (κ3) is 4.50. The van der Waals surface area contributed by atoms with Gasteiger partial charge < -0.3 is 14.2 Å². The van der Waals surface area contributed by atoms with Crippen molar-refractivity contribution in [2.24, 2.45) is 0 Å². The van der Waals surface area contributed by atoms with E-state index in [-0.39, 0.29) is 11.8 Å². The predicted octanol–water partition coefficient (Wildman–Crippen LogP) is 3.70. The molecule has 1 aliphatic heterocycles. The molecule has 3 rings (SSSR count). The van der Waals surface area contributed by atoms with Gasteiger partial charge in [-0.25, -0.2) is 9.18 Å². The summed E-state index contributed by atoms with van der Waals surface area (Å²) in [4.78, 5) is 11.6. The van der Waals surface area contributed by atoms with Crippen molar-refractivity contribution in [1.29, 1.82) is 0 Å². The van der Waals surface area contributed by atoms with E-state index in [1.807, 2.05) is 12.1 Å². The van der Waals surface area contributed by atoms with Crippen molar-refractivity contribution in [2.45, 2.75) is 31.8 Å². The second kappa shape index (κ2) is 8.01. The minimum absolute atomic E-state index is 0.266. The van der Waals surface area contributed by atoms with Gasteiger partial charge in [0.2, 0.25) is 0 Å². The van der Waals surface area contributed by atoms with Crippen LogP contribution in [0.4, 0.5) is 4.39 Å². The van der Waals surface area contributed by atoms with Gasteiger partial charge in [0.05, 0.1) is 13.7 Å². The number of halogens is 1. The van der Waals surface area contributed by atoms with Gasteiger partial charge in [-0.05, 0) is 67.1 Å². The quantitative estimate of drug-likeness (QED) is 0.592. The largest absolute Gasteiger partial charge is 0.494 e. The van der Waals surface area contributed by atoms with Crippen LogP contribution in [0.2, 0.25) is 0 Å². The van der Waals surface area contributed by atoms with Gasteiger partial charge in [0.25, 0.3) is 0 Å². The first-order valence-electron chi connectivity index (χ1n) is 8.40. The van der Waals surface area contributed by atoms with Crippen LogP contribution in [0.1, 0.15) is 24.0 Å². The fourth-order valence-corrected chi connectivity index (χ4v) is 2.89. The zero-order valence-electron chi connectivity index (χ0n) is 14.2. The molecule has 0 aromatic heterocycles. The molecule has 0 fully saturated rings. The van der Waals surface area contributed by atoms with E-state index in [0.29, 0.717) is 18.8 Å². The molecular formula is C20H21FO4. The number of ether oxygens (including phenoxy) is 3. The Bertz CT molecular complexity index is 727. The Morgan fingerprint density at radius 3 is 2.80 bits per heavy atom. The standard InChI is InChI=1S/C20H21FO4/c1-23-20(22)19-11-5-15-13-14(4-10-18(15)25-19)3-2-12-24-17-8-6-16(21)7-9-17/h4,6-10,13,19H,2-3,5,11-12H2,1H3. The van der Waals surface area contributed by atoms with E-state index in [1.54, 1.807) is 12.1 Å². The van der Waals surface area contributed by atoms with Gasteiger partial charge in [-0.3, -0.25) is 0 Å². The molecule has 0 spiro atoms. The third-order valence-electron chi connectivity index (χ3n) is 4.23. The Morgan fingerprint density at radius 1 is 1.24 bits per heavy atom. The lowest BCUT2D eigenvalue weighted by Gasteiger charge is -2.24.